The monoisotopic (exact) mass is 417 g/mol. The van der Waals surface area contributed by atoms with E-state index < -0.39 is 17.8 Å². The number of fused-ring (bicyclic) bond motifs is 1. The van der Waals surface area contributed by atoms with E-state index in [0.29, 0.717) is 12.2 Å². The number of carbonyl (C=O) groups excluding carboxylic acids is 2. The molecule has 2 aromatic carbocycles. The quantitative estimate of drug-likeness (QED) is 0.700. The van der Waals surface area contributed by atoms with Crippen LogP contribution in [0.25, 0.3) is 0 Å². The summed E-state index contributed by atoms with van der Waals surface area (Å²) in [6.07, 6.45) is 0.127. The minimum absolute atomic E-state index is 0.0507. The second-order valence-corrected chi connectivity index (χ2v) is 7.69. The molecule has 2 aromatic rings. The molecule has 0 spiro atoms. The number of nitrogens with one attached hydrogen (secondary N) is 2. The molecule has 1 aliphatic carbocycles. The number of hydrogen-bond donors (Lipinski definition) is 2. The van der Waals surface area contributed by atoms with Crippen molar-refractivity contribution in [1.29, 1.82) is 0 Å². The van der Waals surface area contributed by atoms with Crippen LogP contribution in [0.1, 0.15) is 36.8 Å². The Bertz CT molecular complexity index is 968. The first kappa shape index (κ1) is 20.3. The number of para-hydroxylation sites is 1. The van der Waals surface area contributed by atoms with Gasteiger partial charge in [-0.1, -0.05) is 31.0 Å². The molecule has 0 saturated heterocycles. The van der Waals surface area contributed by atoms with Gasteiger partial charge in [0.05, 0.1) is 11.3 Å². The first-order valence-electron chi connectivity index (χ1n) is 10.0. The van der Waals surface area contributed by atoms with Crippen LogP contribution in [0.3, 0.4) is 0 Å². The Kier molecular flexibility index (Phi) is 5.40. The number of carbonyl (C=O) groups is 2. The summed E-state index contributed by atoms with van der Waals surface area (Å²) in [5, 5.41) is 4.83. The molecule has 1 heterocycles. The molecule has 1 saturated carbocycles. The topological polar surface area (TPSA) is 61.4 Å². The molecule has 0 atom stereocenters. The van der Waals surface area contributed by atoms with Crippen molar-refractivity contribution in [3.05, 3.63) is 53.6 Å². The van der Waals surface area contributed by atoms with Gasteiger partial charge in [0, 0.05) is 23.8 Å². The molecular formula is C22H22F3N3O2. The number of halogens is 3. The maximum absolute atomic E-state index is 13.1. The molecule has 158 valence electrons. The Morgan fingerprint density at radius 2 is 1.73 bits per heavy atom. The molecule has 8 heteroatoms. The van der Waals surface area contributed by atoms with E-state index in [-0.39, 0.29) is 17.5 Å². The fourth-order valence-corrected chi connectivity index (χ4v) is 4.20. The predicted octanol–water partition coefficient (Wildman–Crippen LogP) is 5.43. The third kappa shape index (κ3) is 4.13. The van der Waals surface area contributed by atoms with Crippen LogP contribution < -0.4 is 15.5 Å². The second kappa shape index (κ2) is 8.01. The largest absolute Gasteiger partial charge is 0.418 e. The Morgan fingerprint density at radius 1 is 1.00 bits per heavy atom. The van der Waals surface area contributed by atoms with Crippen LogP contribution in [0.5, 0.6) is 0 Å². The van der Waals surface area contributed by atoms with E-state index in [1.807, 2.05) is 6.07 Å². The summed E-state index contributed by atoms with van der Waals surface area (Å²) in [7, 11) is 0. The molecular weight excluding hydrogens is 395 g/mol. The average molecular weight is 417 g/mol. The Balaban J connectivity index is 1.48. The van der Waals surface area contributed by atoms with E-state index in [2.05, 4.69) is 10.6 Å². The minimum atomic E-state index is -4.57. The second-order valence-electron chi connectivity index (χ2n) is 7.69. The number of nitrogens with zero attached hydrogens (tertiary/aromatic N) is 1. The summed E-state index contributed by atoms with van der Waals surface area (Å²) in [6.45, 7) is 0.610. The van der Waals surface area contributed by atoms with Gasteiger partial charge in [-0.3, -0.25) is 4.79 Å². The molecule has 5 nitrogen and oxygen atoms in total. The number of rotatable bonds is 3. The number of amides is 3. The third-order valence-corrected chi connectivity index (χ3v) is 5.69. The maximum atomic E-state index is 13.1. The lowest BCUT2D eigenvalue weighted by atomic mass is 10.1. The van der Waals surface area contributed by atoms with E-state index in [9.17, 15) is 22.8 Å². The van der Waals surface area contributed by atoms with Crippen molar-refractivity contribution in [3.63, 3.8) is 0 Å². The molecule has 2 N–H and O–H groups in total. The summed E-state index contributed by atoms with van der Waals surface area (Å²) >= 11 is 0. The zero-order valence-electron chi connectivity index (χ0n) is 16.3. The van der Waals surface area contributed by atoms with Crippen LogP contribution in [0.15, 0.2) is 42.5 Å². The summed E-state index contributed by atoms with van der Waals surface area (Å²) < 4.78 is 39.3. The molecule has 0 bridgehead atoms. The molecule has 1 aliphatic heterocycles. The number of hydrogen-bond acceptors (Lipinski definition) is 2. The number of anilines is 3. The summed E-state index contributed by atoms with van der Waals surface area (Å²) in [4.78, 5) is 26.9. The first-order valence-corrected chi connectivity index (χ1v) is 10.0. The van der Waals surface area contributed by atoms with E-state index >= 15 is 0 Å². The maximum Gasteiger partial charge on any atom is 0.418 e. The highest BCUT2D eigenvalue weighted by molar-refractivity contribution is 6.02. The van der Waals surface area contributed by atoms with E-state index in [1.165, 1.54) is 18.2 Å². The van der Waals surface area contributed by atoms with Gasteiger partial charge < -0.3 is 15.5 Å². The van der Waals surface area contributed by atoms with Gasteiger partial charge in [0.15, 0.2) is 0 Å². The van der Waals surface area contributed by atoms with Crippen LogP contribution in [-0.2, 0) is 17.4 Å². The predicted molar refractivity (Wildman–Crippen MR) is 109 cm³/mol. The average Bonchev–Trinajstić information content (AvgIpc) is 3.37. The number of urea groups is 1. The van der Waals surface area contributed by atoms with Crippen molar-refractivity contribution in [1.82, 2.24) is 0 Å². The molecule has 3 amide bonds. The first-order chi connectivity index (χ1) is 14.3. The number of alkyl halides is 3. The zero-order valence-corrected chi connectivity index (χ0v) is 16.3. The van der Waals surface area contributed by atoms with Crippen LogP contribution in [0, 0.1) is 5.92 Å². The van der Waals surface area contributed by atoms with Crippen LogP contribution in [0.2, 0.25) is 0 Å². The molecule has 1 fully saturated rings. The highest BCUT2D eigenvalue weighted by atomic mass is 19.4. The molecule has 0 unspecified atom stereocenters. The fourth-order valence-electron chi connectivity index (χ4n) is 4.20. The lowest BCUT2D eigenvalue weighted by molar-refractivity contribution is -0.137. The van der Waals surface area contributed by atoms with Gasteiger partial charge in [0.2, 0.25) is 5.91 Å². The van der Waals surface area contributed by atoms with E-state index in [4.69, 9.17) is 0 Å². The third-order valence-electron chi connectivity index (χ3n) is 5.69. The molecule has 0 radical (unpaired) electrons. The molecule has 2 aliphatic rings. The SMILES string of the molecule is O=C(Nc1ccc2c(c1)N(C(=O)C1CCCC1)CC2)Nc1ccccc1C(F)(F)F. The lowest BCUT2D eigenvalue weighted by Gasteiger charge is -2.22. The lowest BCUT2D eigenvalue weighted by Crippen LogP contribution is -2.33. The highest BCUT2D eigenvalue weighted by Crippen LogP contribution is 2.36. The molecule has 0 aromatic heterocycles. The van der Waals surface area contributed by atoms with Gasteiger partial charge in [0.1, 0.15) is 0 Å². The van der Waals surface area contributed by atoms with Crippen molar-refractivity contribution in [3.8, 4) is 0 Å². The number of benzene rings is 2. The zero-order chi connectivity index (χ0) is 21.3. The normalized spacial score (nSPS) is 16.4. The van der Waals surface area contributed by atoms with Crippen LogP contribution in [0.4, 0.5) is 35.0 Å². The van der Waals surface area contributed by atoms with E-state index in [1.54, 1.807) is 17.0 Å². The van der Waals surface area contributed by atoms with Crippen LogP contribution in [-0.4, -0.2) is 18.5 Å². The standard InChI is InChI=1S/C22H22F3N3O2/c23-22(24,25)17-7-3-4-8-18(17)27-21(30)26-16-10-9-14-11-12-28(19(14)13-16)20(29)15-5-1-2-6-15/h3-4,7-10,13,15H,1-2,5-6,11-12H2,(H2,26,27,30). The van der Waals surface area contributed by atoms with Gasteiger partial charge in [-0.2, -0.15) is 13.2 Å². The Labute approximate surface area is 172 Å². The van der Waals surface area contributed by atoms with Gasteiger partial charge in [0.25, 0.3) is 0 Å². The van der Waals surface area contributed by atoms with Crippen molar-refractivity contribution >= 4 is 29.0 Å². The van der Waals surface area contributed by atoms with Crippen molar-refractivity contribution in [2.45, 2.75) is 38.3 Å². The van der Waals surface area contributed by atoms with E-state index in [0.717, 1.165) is 49.4 Å². The Hall–Kier alpha value is -3.03. The smallest absolute Gasteiger partial charge is 0.312 e. The van der Waals surface area contributed by atoms with Crippen LogP contribution >= 0.6 is 0 Å². The van der Waals surface area contributed by atoms with Gasteiger partial charge in [-0.05, 0) is 49.1 Å². The fraction of sp³-hybridized carbons (Fsp3) is 0.364. The van der Waals surface area contributed by atoms with Crippen molar-refractivity contribution < 1.29 is 22.8 Å². The van der Waals surface area contributed by atoms with Gasteiger partial charge >= 0.3 is 12.2 Å². The summed E-state index contributed by atoms with van der Waals surface area (Å²) in [5.41, 5.74) is 0.973. The van der Waals surface area contributed by atoms with Gasteiger partial charge in [-0.15, -0.1) is 0 Å². The van der Waals surface area contributed by atoms with Crippen molar-refractivity contribution in [2.24, 2.45) is 5.92 Å². The molecule has 30 heavy (non-hydrogen) atoms. The summed E-state index contributed by atoms with van der Waals surface area (Å²) in [6, 6.07) is 9.27. The minimum Gasteiger partial charge on any atom is -0.312 e. The van der Waals surface area contributed by atoms with Gasteiger partial charge in [-0.25, -0.2) is 4.79 Å². The summed E-state index contributed by atoms with van der Waals surface area (Å²) in [5.74, 6) is 0.168. The Morgan fingerprint density at radius 3 is 2.47 bits per heavy atom. The highest BCUT2D eigenvalue weighted by Gasteiger charge is 2.34. The molecule has 4 rings (SSSR count). The van der Waals surface area contributed by atoms with Crippen molar-refractivity contribution in [2.75, 3.05) is 22.1 Å².